The fourth-order valence-electron chi connectivity index (χ4n) is 1.81. The van der Waals surface area contributed by atoms with Crippen LogP contribution in [0.4, 0.5) is 0 Å². The molecule has 13 heavy (non-hydrogen) atoms. The molecule has 0 bridgehead atoms. The largest absolute Gasteiger partial charge is 0.381 e. The summed E-state index contributed by atoms with van der Waals surface area (Å²) in [5, 5.41) is 7.71. The number of hydrogen-bond donors (Lipinski definition) is 1. The van der Waals surface area contributed by atoms with Gasteiger partial charge in [-0.25, -0.2) is 0 Å². The standard InChI is InChI=1S/C10H15NOS/c1-11-4-9-6-13-7-10(9)8-2-3-12-5-8/h6-8,11H,2-5H2,1H3. The molecule has 1 unspecified atom stereocenters. The summed E-state index contributed by atoms with van der Waals surface area (Å²) in [5.74, 6) is 0.648. The van der Waals surface area contributed by atoms with E-state index in [-0.39, 0.29) is 0 Å². The van der Waals surface area contributed by atoms with Gasteiger partial charge in [-0.3, -0.25) is 0 Å². The summed E-state index contributed by atoms with van der Waals surface area (Å²) in [5.41, 5.74) is 2.94. The molecule has 2 nitrogen and oxygen atoms in total. The van der Waals surface area contributed by atoms with Crippen LogP contribution < -0.4 is 5.32 Å². The maximum Gasteiger partial charge on any atom is 0.0535 e. The minimum absolute atomic E-state index is 0.648. The monoisotopic (exact) mass is 197 g/mol. The molecule has 72 valence electrons. The van der Waals surface area contributed by atoms with Crippen LogP contribution in [0.1, 0.15) is 23.5 Å². The van der Waals surface area contributed by atoms with Crippen LogP contribution in [0.25, 0.3) is 0 Å². The van der Waals surface area contributed by atoms with Crippen molar-refractivity contribution in [2.45, 2.75) is 18.9 Å². The first-order valence-corrected chi connectivity index (χ1v) is 5.63. The number of ether oxygens (including phenoxy) is 1. The molecule has 0 aromatic carbocycles. The minimum Gasteiger partial charge on any atom is -0.381 e. The Labute approximate surface area is 82.9 Å². The van der Waals surface area contributed by atoms with Crippen LogP contribution in [-0.4, -0.2) is 20.3 Å². The molecule has 1 aliphatic rings. The highest BCUT2D eigenvalue weighted by Crippen LogP contribution is 2.30. The second-order valence-corrected chi connectivity index (χ2v) is 4.19. The molecule has 1 saturated heterocycles. The summed E-state index contributed by atoms with van der Waals surface area (Å²) in [6.45, 7) is 2.82. The fourth-order valence-corrected chi connectivity index (χ4v) is 2.75. The predicted octanol–water partition coefficient (Wildman–Crippen LogP) is 1.97. The van der Waals surface area contributed by atoms with Gasteiger partial charge in [0.25, 0.3) is 0 Å². The van der Waals surface area contributed by atoms with Gasteiger partial charge in [0.15, 0.2) is 0 Å². The third kappa shape index (κ3) is 1.93. The first kappa shape index (κ1) is 9.19. The molecule has 1 aromatic heterocycles. The van der Waals surface area contributed by atoms with Gasteiger partial charge in [0.1, 0.15) is 0 Å². The van der Waals surface area contributed by atoms with Crippen molar-refractivity contribution in [1.29, 1.82) is 0 Å². The molecule has 0 amide bonds. The van der Waals surface area contributed by atoms with Crippen LogP contribution in [-0.2, 0) is 11.3 Å². The first-order valence-electron chi connectivity index (χ1n) is 4.69. The van der Waals surface area contributed by atoms with Crippen molar-refractivity contribution in [1.82, 2.24) is 5.32 Å². The fraction of sp³-hybridized carbons (Fsp3) is 0.600. The molecule has 2 heterocycles. The van der Waals surface area contributed by atoms with Crippen molar-refractivity contribution in [2.75, 3.05) is 20.3 Å². The Balaban J connectivity index is 2.13. The maximum absolute atomic E-state index is 5.40. The van der Waals surface area contributed by atoms with Crippen LogP contribution in [0.3, 0.4) is 0 Å². The Bertz CT molecular complexity index is 266. The molecular weight excluding hydrogens is 182 g/mol. The lowest BCUT2D eigenvalue weighted by Crippen LogP contribution is -2.08. The van der Waals surface area contributed by atoms with E-state index in [2.05, 4.69) is 16.1 Å². The molecule has 0 radical (unpaired) electrons. The average molecular weight is 197 g/mol. The zero-order valence-electron chi connectivity index (χ0n) is 7.88. The molecule has 0 spiro atoms. The quantitative estimate of drug-likeness (QED) is 0.800. The summed E-state index contributed by atoms with van der Waals surface area (Å²) in [7, 11) is 1.99. The minimum atomic E-state index is 0.648. The number of nitrogens with one attached hydrogen (secondary N) is 1. The summed E-state index contributed by atoms with van der Waals surface area (Å²) < 4.78 is 5.40. The van der Waals surface area contributed by atoms with E-state index >= 15 is 0 Å². The van der Waals surface area contributed by atoms with Crippen LogP contribution in [0.2, 0.25) is 0 Å². The van der Waals surface area contributed by atoms with Crippen molar-refractivity contribution in [3.63, 3.8) is 0 Å². The Morgan fingerprint density at radius 3 is 3.23 bits per heavy atom. The molecule has 1 fully saturated rings. The molecule has 2 rings (SSSR count). The summed E-state index contributed by atoms with van der Waals surface area (Å²) >= 11 is 1.80. The Morgan fingerprint density at radius 2 is 2.54 bits per heavy atom. The van der Waals surface area contributed by atoms with Crippen molar-refractivity contribution in [3.05, 3.63) is 21.9 Å². The molecule has 1 N–H and O–H groups in total. The Kier molecular flexibility index (Phi) is 2.98. The lowest BCUT2D eigenvalue weighted by molar-refractivity contribution is 0.194. The van der Waals surface area contributed by atoms with Gasteiger partial charge in [-0.05, 0) is 35.4 Å². The lowest BCUT2D eigenvalue weighted by Gasteiger charge is -2.08. The molecule has 0 aliphatic carbocycles. The zero-order valence-corrected chi connectivity index (χ0v) is 8.69. The van der Waals surface area contributed by atoms with Crippen molar-refractivity contribution >= 4 is 11.3 Å². The molecule has 1 atom stereocenters. The van der Waals surface area contributed by atoms with Gasteiger partial charge < -0.3 is 10.1 Å². The number of thiophene rings is 1. The highest BCUT2D eigenvalue weighted by atomic mass is 32.1. The van der Waals surface area contributed by atoms with Crippen LogP contribution in [0, 0.1) is 0 Å². The van der Waals surface area contributed by atoms with E-state index in [0.717, 1.165) is 19.8 Å². The van der Waals surface area contributed by atoms with E-state index in [1.807, 2.05) is 7.05 Å². The summed E-state index contributed by atoms with van der Waals surface area (Å²) in [4.78, 5) is 0. The second-order valence-electron chi connectivity index (χ2n) is 3.44. The molecule has 1 aromatic rings. The Hall–Kier alpha value is -0.380. The highest BCUT2D eigenvalue weighted by Gasteiger charge is 2.20. The van der Waals surface area contributed by atoms with Crippen molar-refractivity contribution in [2.24, 2.45) is 0 Å². The average Bonchev–Trinajstić information content (AvgIpc) is 2.71. The van der Waals surface area contributed by atoms with Gasteiger partial charge in [-0.15, -0.1) is 0 Å². The molecule has 3 heteroatoms. The third-order valence-electron chi connectivity index (χ3n) is 2.51. The predicted molar refractivity (Wildman–Crippen MR) is 55.3 cm³/mol. The zero-order chi connectivity index (χ0) is 9.10. The number of hydrogen-bond acceptors (Lipinski definition) is 3. The van der Waals surface area contributed by atoms with Crippen LogP contribution >= 0.6 is 11.3 Å². The smallest absolute Gasteiger partial charge is 0.0535 e. The molecular formula is C10H15NOS. The van der Waals surface area contributed by atoms with Gasteiger partial charge >= 0.3 is 0 Å². The van der Waals surface area contributed by atoms with Crippen molar-refractivity contribution in [3.8, 4) is 0 Å². The summed E-state index contributed by atoms with van der Waals surface area (Å²) in [6, 6.07) is 0. The van der Waals surface area contributed by atoms with E-state index in [1.165, 1.54) is 17.5 Å². The first-order chi connectivity index (χ1) is 6.42. The highest BCUT2D eigenvalue weighted by molar-refractivity contribution is 7.08. The van der Waals surface area contributed by atoms with Gasteiger partial charge in [0.05, 0.1) is 6.61 Å². The normalized spacial score (nSPS) is 22.4. The van der Waals surface area contributed by atoms with E-state index in [1.54, 1.807) is 11.3 Å². The van der Waals surface area contributed by atoms with Gasteiger partial charge in [0.2, 0.25) is 0 Å². The molecule has 1 aliphatic heterocycles. The molecule has 0 saturated carbocycles. The van der Waals surface area contributed by atoms with Crippen LogP contribution in [0.15, 0.2) is 10.8 Å². The van der Waals surface area contributed by atoms with Gasteiger partial charge in [0, 0.05) is 19.1 Å². The Morgan fingerprint density at radius 1 is 1.62 bits per heavy atom. The van der Waals surface area contributed by atoms with Crippen molar-refractivity contribution < 1.29 is 4.74 Å². The number of rotatable bonds is 3. The lowest BCUT2D eigenvalue weighted by atomic mass is 9.98. The van der Waals surface area contributed by atoms with E-state index in [9.17, 15) is 0 Å². The van der Waals surface area contributed by atoms with Gasteiger partial charge in [-0.1, -0.05) is 0 Å². The van der Waals surface area contributed by atoms with E-state index in [0.29, 0.717) is 5.92 Å². The summed E-state index contributed by atoms with van der Waals surface area (Å²) in [6.07, 6.45) is 1.19. The third-order valence-corrected chi connectivity index (χ3v) is 3.32. The van der Waals surface area contributed by atoms with E-state index < -0.39 is 0 Å². The maximum atomic E-state index is 5.40. The van der Waals surface area contributed by atoms with Crippen LogP contribution in [0.5, 0.6) is 0 Å². The van der Waals surface area contributed by atoms with Gasteiger partial charge in [-0.2, -0.15) is 11.3 Å². The van der Waals surface area contributed by atoms with E-state index in [4.69, 9.17) is 4.74 Å². The SMILES string of the molecule is CNCc1cscc1C1CCOC1. The second kappa shape index (κ2) is 4.22. The topological polar surface area (TPSA) is 21.3 Å².